The number of rotatable bonds is 5. The second kappa shape index (κ2) is 6.21. The highest BCUT2D eigenvalue weighted by Gasteiger charge is 2.08. The highest BCUT2D eigenvalue weighted by molar-refractivity contribution is 5.37. The smallest absolute Gasteiger partial charge is 0.267 e. The van der Waals surface area contributed by atoms with Crippen LogP contribution in [0.4, 0.5) is 0 Å². The monoisotopic (exact) mass is 276 g/mol. The van der Waals surface area contributed by atoms with Gasteiger partial charge in [0.15, 0.2) is 0 Å². The van der Waals surface area contributed by atoms with Crippen molar-refractivity contribution in [3.8, 4) is 11.6 Å². The number of aliphatic hydroxyl groups is 1. The molecule has 0 aliphatic rings. The van der Waals surface area contributed by atoms with E-state index in [9.17, 15) is 9.90 Å². The van der Waals surface area contributed by atoms with Gasteiger partial charge >= 0.3 is 0 Å². The van der Waals surface area contributed by atoms with Gasteiger partial charge in [0.05, 0.1) is 27.4 Å². The number of hydrogen-bond acceptors (Lipinski definition) is 5. The Morgan fingerprint density at radius 2 is 2.00 bits per heavy atom. The minimum absolute atomic E-state index is 0.0720. The molecule has 0 aliphatic carbocycles. The Labute approximate surface area is 116 Å². The molecular formula is C14H16N2O4. The summed E-state index contributed by atoms with van der Waals surface area (Å²) in [5, 5.41) is 13.3. The molecule has 0 amide bonds. The van der Waals surface area contributed by atoms with Crippen LogP contribution in [0.3, 0.4) is 0 Å². The van der Waals surface area contributed by atoms with E-state index in [0.29, 0.717) is 11.6 Å². The van der Waals surface area contributed by atoms with Gasteiger partial charge in [-0.05, 0) is 17.7 Å². The van der Waals surface area contributed by atoms with Crippen LogP contribution in [-0.4, -0.2) is 29.1 Å². The molecule has 0 aliphatic heterocycles. The number of ether oxygens (including phenoxy) is 2. The van der Waals surface area contributed by atoms with E-state index in [4.69, 9.17) is 9.47 Å². The van der Waals surface area contributed by atoms with Crippen LogP contribution in [0.25, 0.3) is 0 Å². The molecule has 106 valence electrons. The van der Waals surface area contributed by atoms with Crippen molar-refractivity contribution in [2.45, 2.75) is 13.2 Å². The van der Waals surface area contributed by atoms with Crippen molar-refractivity contribution in [1.82, 2.24) is 9.78 Å². The molecule has 1 heterocycles. The van der Waals surface area contributed by atoms with Gasteiger partial charge in [0.25, 0.3) is 5.56 Å². The quantitative estimate of drug-likeness (QED) is 0.874. The van der Waals surface area contributed by atoms with Crippen LogP contribution in [0.1, 0.15) is 11.1 Å². The van der Waals surface area contributed by atoms with Crippen LogP contribution in [0.15, 0.2) is 35.1 Å². The van der Waals surface area contributed by atoms with Gasteiger partial charge in [0, 0.05) is 17.7 Å². The SMILES string of the molecule is COc1ccc(=O)n(Cc2cc(CO)ccc2OC)n1. The molecule has 2 rings (SSSR count). The summed E-state index contributed by atoms with van der Waals surface area (Å²) in [5.74, 6) is 1.00. The van der Waals surface area contributed by atoms with E-state index in [0.717, 1.165) is 11.1 Å². The molecule has 2 aromatic rings. The third-order valence-electron chi connectivity index (χ3n) is 2.90. The second-order valence-corrected chi connectivity index (χ2v) is 4.18. The van der Waals surface area contributed by atoms with Crippen molar-refractivity contribution in [2.75, 3.05) is 14.2 Å². The minimum atomic E-state index is -0.234. The summed E-state index contributed by atoms with van der Waals surface area (Å²) in [6.45, 7) is 0.171. The van der Waals surface area contributed by atoms with Gasteiger partial charge < -0.3 is 14.6 Å². The highest BCUT2D eigenvalue weighted by atomic mass is 16.5. The topological polar surface area (TPSA) is 73.6 Å². The highest BCUT2D eigenvalue weighted by Crippen LogP contribution is 2.20. The fraction of sp³-hybridized carbons (Fsp3) is 0.286. The zero-order valence-corrected chi connectivity index (χ0v) is 11.4. The molecule has 0 radical (unpaired) electrons. The molecular weight excluding hydrogens is 260 g/mol. The standard InChI is InChI=1S/C14H16N2O4/c1-19-12-4-3-10(9-17)7-11(12)8-16-14(18)6-5-13(15-16)20-2/h3-7,17H,8-9H2,1-2H3. The number of hydrogen-bond donors (Lipinski definition) is 1. The molecule has 0 saturated heterocycles. The van der Waals surface area contributed by atoms with Gasteiger partial charge in [-0.1, -0.05) is 6.07 Å². The third kappa shape index (κ3) is 2.97. The largest absolute Gasteiger partial charge is 0.496 e. The molecule has 1 aromatic carbocycles. The molecule has 1 aromatic heterocycles. The summed E-state index contributed by atoms with van der Waals surface area (Å²) < 4.78 is 11.6. The van der Waals surface area contributed by atoms with E-state index in [2.05, 4.69) is 5.10 Å². The van der Waals surface area contributed by atoms with E-state index in [1.807, 2.05) is 0 Å². The van der Waals surface area contributed by atoms with E-state index in [1.54, 1.807) is 25.3 Å². The van der Waals surface area contributed by atoms with Crippen LogP contribution in [-0.2, 0) is 13.2 Å². The van der Waals surface area contributed by atoms with Gasteiger partial charge in [-0.25, -0.2) is 4.68 Å². The molecule has 0 bridgehead atoms. The molecule has 0 unspecified atom stereocenters. The number of nitrogens with zero attached hydrogens (tertiary/aromatic N) is 2. The van der Waals surface area contributed by atoms with Crippen LogP contribution in [0.2, 0.25) is 0 Å². The lowest BCUT2D eigenvalue weighted by atomic mass is 10.1. The normalized spacial score (nSPS) is 10.3. The zero-order chi connectivity index (χ0) is 14.5. The van der Waals surface area contributed by atoms with Crippen molar-refractivity contribution < 1.29 is 14.6 Å². The third-order valence-corrected chi connectivity index (χ3v) is 2.90. The lowest BCUT2D eigenvalue weighted by Gasteiger charge is -2.11. The van der Waals surface area contributed by atoms with Gasteiger partial charge in [-0.2, -0.15) is 0 Å². The maximum Gasteiger partial charge on any atom is 0.267 e. The van der Waals surface area contributed by atoms with Crippen molar-refractivity contribution in [3.05, 3.63) is 51.8 Å². The van der Waals surface area contributed by atoms with E-state index >= 15 is 0 Å². The van der Waals surface area contributed by atoms with E-state index in [-0.39, 0.29) is 18.7 Å². The Kier molecular flexibility index (Phi) is 4.37. The summed E-state index contributed by atoms with van der Waals surface area (Å²) in [5.41, 5.74) is 1.28. The Morgan fingerprint density at radius 3 is 2.65 bits per heavy atom. The van der Waals surface area contributed by atoms with Crippen molar-refractivity contribution >= 4 is 0 Å². The first-order valence-electron chi connectivity index (χ1n) is 6.06. The Morgan fingerprint density at radius 1 is 1.20 bits per heavy atom. The summed E-state index contributed by atoms with van der Waals surface area (Å²) in [6.07, 6.45) is 0. The van der Waals surface area contributed by atoms with E-state index in [1.165, 1.54) is 23.9 Å². The summed E-state index contributed by atoms with van der Waals surface area (Å²) in [7, 11) is 3.04. The fourth-order valence-electron chi connectivity index (χ4n) is 1.87. The first-order valence-corrected chi connectivity index (χ1v) is 6.06. The van der Waals surface area contributed by atoms with Gasteiger partial charge in [-0.15, -0.1) is 5.10 Å². The first-order chi connectivity index (χ1) is 9.67. The predicted molar refractivity (Wildman–Crippen MR) is 73.1 cm³/mol. The maximum absolute atomic E-state index is 11.8. The molecule has 6 heteroatoms. The molecule has 1 N–H and O–H groups in total. The molecule has 0 fully saturated rings. The summed E-state index contributed by atoms with van der Waals surface area (Å²) in [4.78, 5) is 11.8. The van der Waals surface area contributed by atoms with Crippen LogP contribution >= 0.6 is 0 Å². The van der Waals surface area contributed by atoms with Crippen LogP contribution in [0, 0.1) is 0 Å². The minimum Gasteiger partial charge on any atom is -0.496 e. The Balaban J connectivity index is 2.40. The average molecular weight is 276 g/mol. The lowest BCUT2D eigenvalue weighted by molar-refractivity contribution is 0.281. The summed E-state index contributed by atoms with van der Waals surface area (Å²) in [6, 6.07) is 8.22. The fourth-order valence-corrected chi connectivity index (χ4v) is 1.87. The average Bonchev–Trinajstić information content (AvgIpc) is 2.49. The second-order valence-electron chi connectivity index (χ2n) is 4.18. The maximum atomic E-state index is 11.8. The Bertz CT molecular complexity index is 652. The molecule has 6 nitrogen and oxygen atoms in total. The van der Waals surface area contributed by atoms with Gasteiger partial charge in [-0.3, -0.25) is 4.79 Å². The predicted octanol–water partition coefficient (Wildman–Crippen LogP) is 0.801. The number of methoxy groups -OCH3 is 2. The van der Waals surface area contributed by atoms with Gasteiger partial charge in [0.2, 0.25) is 5.88 Å². The van der Waals surface area contributed by atoms with Crippen LogP contribution in [0.5, 0.6) is 11.6 Å². The van der Waals surface area contributed by atoms with Crippen molar-refractivity contribution in [3.63, 3.8) is 0 Å². The molecule has 0 atom stereocenters. The lowest BCUT2D eigenvalue weighted by Crippen LogP contribution is -2.23. The first kappa shape index (κ1) is 14.1. The summed E-state index contributed by atoms with van der Waals surface area (Å²) >= 11 is 0. The number of benzene rings is 1. The molecule has 20 heavy (non-hydrogen) atoms. The zero-order valence-electron chi connectivity index (χ0n) is 11.4. The molecule has 0 saturated carbocycles. The van der Waals surface area contributed by atoms with Gasteiger partial charge in [0.1, 0.15) is 5.75 Å². The van der Waals surface area contributed by atoms with Crippen molar-refractivity contribution in [1.29, 1.82) is 0 Å². The van der Waals surface area contributed by atoms with Crippen LogP contribution < -0.4 is 15.0 Å². The Hall–Kier alpha value is -2.34. The number of aromatic nitrogens is 2. The number of aliphatic hydroxyl groups excluding tert-OH is 1. The van der Waals surface area contributed by atoms with E-state index < -0.39 is 0 Å². The van der Waals surface area contributed by atoms with Crippen molar-refractivity contribution in [2.24, 2.45) is 0 Å². The molecule has 0 spiro atoms.